The van der Waals surface area contributed by atoms with E-state index in [0.29, 0.717) is 47.9 Å². The topological polar surface area (TPSA) is 98.6 Å². The molecule has 8 rings (SSSR count). The van der Waals surface area contributed by atoms with Gasteiger partial charge in [0.05, 0.1) is 18.3 Å². The Kier molecular flexibility index (Phi) is 7.32. The summed E-state index contributed by atoms with van der Waals surface area (Å²) in [6, 6.07) is 23.0. The third-order valence-corrected chi connectivity index (χ3v) is 9.60. The maximum atomic E-state index is 14.3. The van der Waals surface area contributed by atoms with Crippen LogP contribution in [0, 0.1) is 11.8 Å². The fourth-order valence-corrected chi connectivity index (χ4v) is 7.06. The zero-order valence-electron chi connectivity index (χ0n) is 26.3. The standard InChI is InChI=1S/C37H37FN6O3/c1-47-33-15-27(37(46)42-21-28(38)16-29(39)22-42)13-30-34(33)44(20-24-17-41(18-24)36(45)25-7-3-2-4-8-25)35(40-30)32-14-26-9-5-6-10-31(26)43(32)19-23-11-12-23/h2-10,13-15,21,23-24,29H,11-12,16-20,22,39H2,1H3/t29-/m1/s1. The highest BCUT2D eigenvalue weighted by atomic mass is 19.1. The van der Waals surface area contributed by atoms with Crippen LogP contribution < -0.4 is 10.5 Å². The van der Waals surface area contributed by atoms with Crippen LogP contribution in [0.4, 0.5) is 4.39 Å². The van der Waals surface area contributed by atoms with Crippen LogP contribution in [0.3, 0.4) is 0 Å². The van der Waals surface area contributed by atoms with E-state index in [0.717, 1.165) is 34.5 Å². The molecule has 10 heteroatoms. The lowest BCUT2D eigenvalue weighted by atomic mass is 9.98. The second-order valence-corrected chi connectivity index (χ2v) is 13.2. The number of ether oxygens (including phenoxy) is 1. The van der Waals surface area contributed by atoms with Crippen LogP contribution in [0.15, 0.2) is 84.8 Å². The van der Waals surface area contributed by atoms with Crippen molar-refractivity contribution in [3.63, 3.8) is 0 Å². The minimum absolute atomic E-state index is 0.0331. The molecule has 2 aliphatic heterocycles. The van der Waals surface area contributed by atoms with Gasteiger partial charge in [-0.15, -0.1) is 0 Å². The molecule has 2 fully saturated rings. The smallest absolute Gasteiger partial charge is 0.258 e. The number of para-hydroxylation sites is 1. The molecular formula is C37H37FN6O3. The third-order valence-electron chi connectivity index (χ3n) is 9.60. The average Bonchev–Trinajstić information content (AvgIpc) is 3.71. The SMILES string of the molecule is COc1cc(C(=O)N2C=C(F)C[C@@H](N)C2)cc2nc(-c3cc4ccccc4n3CC3CC3)n(CC3CN(C(=O)c4ccccc4)C3)c12. The Labute approximate surface area is 272 Å². The third kappa shape index (κ3) is 5.46. The highest BCUT2D eigenvalue weighted by molar-refractivity contribution is 6.01. The largest absolute Gasteiger partial charge is 0.494 e. The van der Waals surface area contributed by atoms with Crippen molar-refractivity contribution < 1.29 is 18.7 Å². The van der Waals surface area contributed by atoms with Crippen LogP contribution in [0.2, 0.25) is 0 Å². The predicted octanol–water partition coefficient (Wildman–Crippen LogP) is 5.83. The Morgan fingerprint density at radius 3 is 2.38 bits per heavy atom. The van der Waals surface area contributed by atoms with E-state index >= 15 is 0 Å². The molecule has 0 radical (unpaired) electrons. The Morgan fingerprint density at radius 2 is 1.64 bits per heavy atom. The number of rotatable bonds is 8. The van der Waals surface area contributed by atoms with Crippen molar-refractivity contribution in [2.24, 2.45) is 17.6 Å². The number of hydrogen-bond acceptors (Lipinski definition) is 5. The number of benzene rings is 3. The number of carbonyl (C=O) groups is 2. The molecule has 0 unspecified atom stereocenters. The fourth-order valence-electron chi connectivity index (χ4n) is 7.06. The highest BCUT2D eigenvalue weighted by Gasteiger charge is 2.34. The van der Waals surface area contributed by atoms with Gasteiger partial charge in [-0.25, -0.2) is 9.37 Å². The summed E-state index contributed by atoms with van der Waals surface area (Å²) in [6.07, 6.45) is 3.78. The fraction of sp³-hybridized carbons (Fsp3) is 0.324. The first-order valence-electron chi connectivity index (χ1n) is 16.3. The van der Waals surface area contributed by atoms with Crippen molar-refractivity contribution in [3.8, 4) is 17.3 Å². The predicted molar refractivity (Wildman–Crippen MR) is 179 cm³/mol. The molecule has 2 aromatic heterocycles. The molecule has 5 aromatic rings. The van der Waals surface area contributed by atoms with Gasteiger partial charge in [-0.2, -0.15) is 0 Å². The molecule has 3 aromatic carbocycles. The first kappa shape index (κ1) is 29.4. The molecule has 4 heterocycles. The monoisotopic (exact) mass is 632 g/mol. The van der Waals surface area contributed by atoms with Crippen molar-refractivity contribution in [1.29, 1.82) is 0 Å². The summed E-state index contributed by atoms with van der Waals surface area (Å²) < 4.78 is 24.8. The zero-order chi connectivity index (χ0) is 32.2. The number of aromatic nitrogens is 3. The quantitative estimate of drug-likeness (QED) is 0.232. The number of carbonyl (C=O) groups excluding carboxylic acids is 2. The Morgan fingerprint density at radius 1 is 0.894 bits per heavy atom. The molecule has 0 bridgehead atoms. The molecular weight excluding hydrogens is 595 g/mol. The van der Waals surface area contributed by atoms with Crippen LogP contribution in [-0.2, 0) is 13.1 Å². The van der Waals surface area contributed by atoms with Gasteiger partial charge in [0, 0.05) is 79.3 Å². The van der Waals surface area contributed by atoms with Gasteiger partial charge in [0.2, 0.25) is 0 Å². The highest BCUT2D eigenvalue weighted by Crippen LogP contribution is 2.39. The Balaban J connectivity index is 1.21. The van der Waals surface area contributed by atoms with Gasteiger partial charge >= 0.3 is 0 Å². The lowest BCUT2D eigenvalue weighted by Crippen LogP contribution is -2.51. The van der Waals surface area contributed by atoms with Crippen LogP contribution in [0.25, 0.3) is 33.5 Å². The molecule has 47 heavy (non-hydrogen) atoms. The first-order valence-corrected chi connectivity index (χ1v) is 16.3. The maximum absolute atomic E-state index is 14.3. The van der Waals surface area contributed by atoms with Gasteiger partial charge in [-0.1, -0.05) is 36.4 Å². The normalized spacial score (nSPS) is 18.4. The average molecular weight is 633 g/mol. The van der Waals surface area contributed by atoms with E-state index < -0.39 is 11.9 Å². The number of methoxy groups -OCH3 is 1. The van der Waals surface area contributed by atoms with E-state index in [4.69, 9.17) is 15.5 Å². The molecule has 1 atom stereocenters. The van der Waals surface area contributed by atoms with Gasteiger partial charge in [0.25, 0.3) is 11.8 Å². The Hall–Kier alpha value is -4.96. The second-order valence-electron chi connectivity index (χ2n) is 13.2. The number of halogens is 1. The van der Waals surface area contributed by atoms with Crippen molar-refractivity contribution in [1.82, 2.24) is 23.9 Å². The Bertz CT molecular complexity index is 2040. The summed E-state index contributed by atoms with van der Waals surface area (Å²) in [5, 5.41) is 1.14. The first-order chi connectivity index (χ1) is 22.9. The summed E-state index contributed by atoms with van der Waals surface area (Å²) in [7, 11) is 1.59. The van der Waals surface area contributed by atoms with Gasteiger partial charge in [0.15, 0.2) is 5.82 Å². The number of hydrogen-bond donors (Lipinski definition) is 1. The zero-order valence-corrected chi connectivity index (χ0v) is 26.3. The van der Waals surface area contributed by atoms with Gasteiger partial charge in [-0.3, -0.25) is 9.59 Å². The van der Waals surface area contributed by atoms with E-state index in [1.807, 2.05) is 41.3 Å². The maximum Gasteiger partial charge on any atom is 0.258 e. The van der Waals surface area contributed by atoms with E-state index in [1.165, 1.54) is 23.9 Å². The minimum Gasteiger partial charge on any atom is -0.494 e. The number of nitrogens with zero attached hydrogens (tertiary/aromatic N) is 5. The number of likely N-dealkylation sites (tertiary alicyclic amines) is 1. The summed E-state index contributed by atoms with van der Waals surface area (Å²) in [5.74, 6) is 1.40. The van der Waals surface area contributed by atoms with Crippen LogP contribution in [0.1, 0.15) is 40.0 Å². The number of amides is 2. The molecule has 1 aliphatic carbocycles. The molecule has 1 saturated carbocycles. The minimum atomic E-state index is -0.468. The van der Waals surface area contributed by atoms with E-state index in [1.54, 1.807) is 19.2 Å². The number of imidazole rings is 1. The molecule has 3 aliphatic rings. The summed E-state index contributed by atoms with van der Waals surface area (Å²) >= 11 is 0. The summed E-state index contributed by atoms with van der Waals surface area (Å²) in [6.45, 7) is 3.01. The molecule has 2 N–H and O–H groups in total. The van der Waals surface area contributed by atoms with E-state index in [9.17, 15) is 14.0 Å². The van der Waals surface area contributed by atoms with Gasteiger partial charge in [0.1, 0.15) is 17.1 Å². The van der Waals surface area contributed by atoms with Crippen LogP contribution in [-0.4, -0.2) is 68.5 Å². The van der Waals surface area contributed by atoms with Crippen LogP contribution in [0.5, 0.6) is 5.75 Å². The molecule has 0 spiro atoms. The van der Waals surface area contributed by atoms with E-state index in [-0.39, 0.29) is 30.7 Å². The lowest BCUT2D eigenvalue weighted by Gasteiger charge is -2.39. The summed E-state index contributed by atoms with van der Waals surface area (Å²) in [5.41, 5.74) is 10.6. The molecule has 1 saturated heterocycles. The van der Waals surface area contributed by atoms with Crippen LogP contribution >= 0.6 is 0 Å². The summed E-state index contributed by atoms with van der Waals surface area (Å²) in [4.78, 5) is 35.2. The number of fused-ring (bicyclic) bond motifs is 2. The van der Waals surface area contributed by atoms with Gasteiger partial charge < -0.3 is 29.4 Å². The number of nitrogens with two attached hydrogens (primary N) is 1. The molecule has 240 valence electrons. The molecule has 2 amide bonds. The second kappa shape index (κ2) is 11.7. The van der Waals surface area contributed by atoms with Crippen molar-refractivity contribution in [3.05, 3.63) is 96.0 Å². The van der Waals surface area contributed by atoms with Gasteiger partial charge in [-0.05, 0) is 55.2 Å². The van der Waals surface area contributed by atoms with Crippen molar-refractivity contribution in [2.45, 2.75) is 38.4 Å². The van der Waals surface area contributed by atoms with Crippen molar-refractivity contribution >= 4 is 33.8 Å². The molecule has 9 nitrogen and oxygen atoms in total. The lowest BCUT2D eigenvalue weighted by molar-refractivity contribution is 0.0471. The van der Waals surface area contributed by atoms with E-state index in [2.05, 4.69) is 33.4 Å². The van der Waals surface area contributed by atoms with Crippen molar-refractivity contribution in [2.75, 3.05) is 26.7 Å².